The number of hydrogen-bond acceptors (Lipinski definition) is 2. The summed E-state index contributed by atoms with van der Waals surface area (Å²) < 4.78 is 58.2. The molecule has 0 bridgehead atoms. The lowest BCUT2D eigenvalue weighted by atomic mass is 9.98. The van der Waals surface area contributed by atoms with Gasteiger partial charge in [-0.2, -0.15) is 0 Å². The van der Waals surface area contributed by atoms with E-state index in [1.54, 1.807) is 6.08 Å². The fourth-order valence-electron chi connectivity index (χ4n) is 1.73. The van der Waals surface area contributed by atoms with E-state index in [1.807, 2.05) is 0 Å². The quantitative estimate of drug-likeness (QED) is 0.504. The summed E-state index contributed by atoms with van der Waals surface area (Å²) in [4.78, 5) is 0.442. The largest absolute Gasteiger partial charge is 0.373 e. The van der Waals surface area contributed by atoms with Crippen LogP contribution in [0.25, 0.3) is 0 Å². The van der Waals surface area contributed by atoms with Gasteiger partial charge in [0.1, 0.15) is 5.82 Å². The van der Waals surface area contributed by atoms with Crippen molar-refractivity contribution >= 4 is 12.6 Å². The molecule has 0 saturated carbocycles. The summed E-state index contributed by atoms with van der Waals surface area (Å²) in [5.74, 6) is -3.39. The van der Waals surface area contributed by atoms with Crippen LogP contribution in [-0.4, -0.2) is 12.3 Å². The van der Waals surface area contributed by atoms with E-state index in [1.165, 1.54) is 18.6 Å². The van der Waals surface area contributed by atoms with Crippen LogP contribution in [0, 0.1) is 23.9 Å². The van der Waals surface area contributed by atoms with Crippen LogP contribution in [0.1, 0.15) is 5.56 Å². The van der Waals surface area contributed by atoms with E-state index in [9.17, 15) is 17.6 Å². The van der Waals surface area contributed by atoms with Crippen molar-refractivity contribution < 1.29 is 22.3 Å². The summed E-state index contributed by atoms with van der Waals surface area (Å²) in [5.41, 5.74) is -2.02. The molecular formula is C14H11F4OS. The highest BCUT2D eigenvalue weighted by atomic mass is 32.1. The van der Waals surface area contributed by atoms with Crippen LogP contribution in [0.5, 0.6) is 0 Å². The average Bonchev–Trinajstić information content (AvgIpc) is 2.35. The van der Waals surface area contributed by atoms with Crippen LogP contribution in [0.4, 0.5) is 17.6 Å². The summed E-state index contributed by atoms with van der Waals surface area (Å²) in [6, 6.07) is 1.13. The number of hydrogen-bond donors (Lipinski definition) is 1. The lowest BCUT2D eigenvalue weighted by Crippen LogP contribution is -2.28. The highest BCUT2D eigenvalue weighted by Gasteiger charge is 2.28. The Kier molecular flexibility index (Phi) is 4.55. The molecule has 0 aromatic heterocycles. The molecule has 1 aromatic carbocycles. The zero-order valence-electron chi connectivity index (χ0n) is 10.2. The van der Waals surface area contributed by atoms with E-state index in [0.29, 0.717) is 17.0 Å². The molecule has 1 aromatic rings. The smallest absolute Gasteiger partial charge is 0.161 e. The van der Waals surface area contributed by atoms with Gasteiger partial charge in [-0.3, -0.25) is 0 Å². The summed E-state index contributed by atoms with van der Waals surface area (Å²) in [6.07, 6.45) is 5.62. The summed E-state index contributed by atoms with van der Waals surface area (Å²) in [7, 11) is 0. The predicted molar refractivity (Wildman–Crippen MR) is 70.3 cm³/mol. The van der Waals surface area contributed by atoms with Crippen molar-refractivity contribution in [3.63, 3.8) is 0 Å². The van der Waals surface area contributed by atoms with Gasteiger partial charge in [0.2, 0.25) is 0 Å². The van der Waals surface area contributed by atoms with E-state index in [0.717, 1.165) is 0 Å². The Hall–Kier alpha value is -1.27. The SMILES string of the molecule is Fc1cc(F)c(COC[C@]2(F)[CH]C=CC(S)=C2)cc1F. The molecular weight excluding hydrogens is 292 g/mol. The minimum atomic E-state index is -1.85. The van der Waals surface area contributed by atoms with Crippen LogP contribution < -0.4 is 0 Å². The second-order valence-electron chi connectivity index (χ2n) is 4.37. The molecule has 6 heteroatoms. The topological polar surface area (TPSA) is 9.23 Å². The normalized spacial score (nSPS) is 21.9. The summed E-state index contributed by atoms with van der Waals surface area (Å²) in [6.45, 7) is -0.734. The lowest BCUT2D eigenvalue weighted by Gasteiger charge is -2.22. The minimum absolute atomic E-state index is 0.172. The predicted octanol–water partition coefficient (Wildman–Crippen LogP) is 3.92. The van der Waals surface area contributed by atoms with Crippen LogP contribution in [-0.2, 0) is 11.3 Å². The third kappa shape index (κ3) is 3.64. The van der Waals surface area contributed by atoms with Crippen LogP contribution >= 0.6 is 12.6 Å². The molecule has 0 spiro atoms. The van der Waals surface area contributed by atoms with Gasteiger partial charge < -0.3 is 4.74 Å². The van der Waals surface area contributed by atoms with Gasteiger partial charge in [-0.05, 0) is 12.1 Å². The van der Waals surface area contributed by atoms with Crippen molar-refractivity contribution in [3.05, 3.63) is 64.7 Å². The van der Waals surface area contributed by atoms with Crippen LogP contribution in [0.3, 0.4) is 0 Å². The molecule has 1 atom stereocenters. The number of alkyl halides is 1. The molecule has 0 aliphatic heterocycles. The van der Waals surface area contributed by atoms with Crippen molar-refractivity contribution in [2.24, 2.45) is 0 Å². The van der Waals surface area contributed by atoms with Crippen molar-refractivity contribution in [2.75, 3.05) is 6.61 Å². The Balaban J connectivity index is 1.97. The first-order chi connectivity index (χ1) is 9.39. The number of benzene rings is 1. The number of allylic oxidation sites excluding steroid dienone is 2. The molecule has 1 radical (unpaired) electrons. The molecule has 0 heterocycles. The monoisotopic (exact) mass is 303 g/mol. The zero-order chi connectivity index (χ0) is 14.8. The van der Waals surface area contributed by atoms with E-state index < -0.39 is 23.1 Å². The third-order valence-electron chi connectivity index (χ3n) is 2.70. The van der Waals surface area contributed by atoms with Crippen molar-refractivity contribution in [1.29, 1.82) is 0 Å². The van der Waals surface area contributed by atoms with Crippen LogP contribution in [0.15, 0.2) is 35.3 Å². The standard InChI is InChI=1S/C14H11F4OS/c15-11-5-13(17)12(16)4-9(11)7-19-8-14(18)3-1-2-10(20)6-14/h1-6,20H,7-8H2/t14-/m0/s1. The molecule has 1 aliphatic rings. The number of ether oxygens (including phenoxy) is 1. The molecule has 1 aliphatic carbocycles. The Morgan fingerprint density at radius 1 is 1.10 bits per heavy atom. The second-order valence-corrected chi connectivity index (χ2v) is 4.89. The maximum atomic E-state index is 14.2. The lowest BCUT2D eigenvalue weighted by molar-refractivity contribution is 0.0486. The van der Waals surface area contributed by atoms with E-state index in [-0.39, 0.29) is 18.8 Å². The average molecular weight is 303 g/mol. The van der Waals surface area contributed by atoms with Gasteiger partial charge in [0.15, 0.2) is 17.3 Å². The first-order valence-electron chi connectivity index (χ1n) is 5.74. The van der Waals surface area contributed by atoms with Gasteiger partial charge in [-0.15, -0.1) is 12.6 Å². The van der Waals surface area contributed by atoms with Crippen molar-refractivity contribution in [2.45, 2.75) is 12.3 Å². The Morgan fingerprint density at radius 3 is 2.50 bits per heavy atom. The number of rotatable bonds is 4. The van der Waals surface area contributed by atoms with E-state index in [4.69, 9.17) is 4.74 Å². The summed E-state index contributed by atoms with van der Waals surface area (Å²) >= 11 is 4.02. The van der Waals surface area contributed by atoms with Gasteiger partial charge in [-0.1, -0.05) is 12.2 Å². The molecule has 1 nitrogen and oxygen atoms in total. The molecule has 0 fully saturated rings. The Labute approximate surface area is 119 Å². The molecule has 107 valence electrons. The maximum absolute atomic E-state index is 14.2. The van der Waals surface area contributed by atoms with E-state index >= 15 is 0 Å². The molecule has 0 amide bonds. The fourth-order valence-corrected chi connectivity index (χ4v) is 2.03. The third-order valence-corrected chi connectivity index (χ3v) is 2.98. The first kappa shape index (κ1) is 15.1. The Bertz CT molecular complexity index is 571. The molecule has 0 N–H and O–H groups in total. The minimum Gasteiger partial charge on any atom is -0.373 e. The Morgan fingerprint density at radius 2 is 1.80 bits per heavy atom. The fraction of sp³-hybridized carbons (Fsp3) is 0.214. The molecule has 0 saturated heterocycles. The van der Waals surface area contributed by atoms with Crippen molar-refractivity contribution in [1.82, 2.24) is 0 Å². The number of halogens is 4. The van der Waals surface area contributed by atoms with Gasteiger partial charge in [-0.25, -0.2) is 17.6 Å². The van der Waals surface area contributed by atoms with Crippen molar-refractivity contribution in [3.8, 4) is 0 Å². The summed E-state index contributed by atoms with van der Waals surface area (Å²) in [5, 5.41) is 0. The number of thiol groups is 1. The maximum Gasteiger partial charge on any atom is 0.161 e. The van der Waals surface area contributed by atoms with Gasteiger partial charge in [0, 0.05) is 23.0 Å². The zero-order valence-corrected chi connectivity index (χ0v) is 11.1. The second kappa shape index (κ2) is 6.01. The van der Waals surface area contributed by atoms with E-state index in [2.05, 4.69) is 12.6 Å². The highest BCUT2D eigenvalue weighted by molar-refractivity contribution is 7.84. The first-order valence-corrected chi connectivity index (χ1v) is 6.19. The molecule has 2 rings (SSSR count). The van der Waals surface area contributed by atoms with Gasteiger partial charge in [0.25, 0.3) is 0 Å². The molecule has 20 heavy (non-hydrogen) atoms. The molecule has 0 unspecified atom stereocenters. The van der Waals surface area contributed by atoms with Crippen LogP contribution in [0.2, 0.25) is 0 Å². The van der Waals surface area contributed by atoms with Gasteiger partial charge in [0.05, 0.1) is 13.2 Å². The van der Waals surface area contributed by atoms with Gasteiger partial charge >= 0.3 is 0 Å². The highest BCUT2D eigenvalue weighted by Crippen LogP contribution is 2.27.